The number of fused-ring (bicyclic) bond motifs is 1. The van der Waals surface area contributed by atoms with Crippen LogP contribution in [0.5, 0.6) is 0 Å². The van der Waals surface area contributed by atoms with Gasteiger partial charge in [-0.3, -0.25) is 19.2 Å². The molecule has 13 heteroatoms. The maximum atomic E-state index is 12.6. The Morgan fingerprint density at radius 3 is 2.23 bits per heavy atom. The quantitative estimate of drug-likeness (QED) is 0.172. The number of carboxylic acids is 2. The molecule has 0 radical (unpaired) electrons. The molecule has 0 fully saturated rings. The van der Waals surface area contributed by atoms with Crippen LogP contribution in [0.3, 0.4) is 0 Å². The fraction of sp³-hybridized carbons (Fsp3) is 0.409. The smallest absolute Gasteiger partial charge is 0.326 e. The Hall–Kier alpha value is -3.97. The van der Waals surface area contributed by atoms with Gasteiger partial charge in [0, 0.05) is 17.1 Å². The average Bonchev–Trinajstić information content (AvgIpc) is 3.18. The molecule has 190 valence electrons. The summed E-state index contributed by atoms with van der Waals surface area (Å²) in [6, 6.07) is 1.95. The molecule has 1 aromatic heterocycles. The third-order valence-corrected chi connectivity index (χ3v) is 5.26. The number of carbonyl (C=O) groups excluding carboxylic acids is 3. The van der Waals surface area contributed by atoms with Crippen molar-refractivity contribution in [2.45, 2.75) is 57.0 Å². The van der Waals surface area contributed by atoms with Gasteiger partial charge in [0.2, 0.25) is 17.7 Å². The lowest BCUT2D eigenvalue weighted by atomic mass is 10.0. The highest BCUT2D eigenvalue weighted by Crippen LogP contribution is 2.18. The predicted octanol–water partition coefficient (Wildman–Crippen LogP) is -1.55. The van der Waals surface area contributed by atoms with Crippen molar-refractivity contribution >= 4 is 40.6 Å². The second kappa shape index (κ2) is 11.9. The van der Waals surface area contributed by atoms with E-state index < -0.39 is 66.4 Å². The van der Waals surface area contributed by atoms with Crippen molar-refractivity contribution in [2.75, 3.05) is 0 Å². The molecule has 13 nitrogen and oxygen atoms in total. The average molecular weight is 492 g/mol. The Morgan fingerprint density at radius 1 is 0.971 bits per heavy atom. The summed E-state index contributed by atoms with van der Waals surface area (Å²) >= 11 is 0. The van der Waals surface area contributed by atoms with Gasteiger partial charge < -0.3 is 42.0 Å². The molecule has 2 aromatic rings. The van der Waals surface area contributed by atoms with E-state index in [-0.39, 0.29) is 6.42 Å². The Morgan fingerprint density at radius 2 is 1.63 bits per heavy atom. The van der Waals surface area contributed by atoms with Crippen molar-refractivity contribution in [3.05, 3.63) is 36.0 Å². The fourth-order valence-corrected chi connectivity index (χ4v) is 3.34. The molecule has 35 heavy (non-hydrogen) atoms. The first-order valence-corrected chi connectivity index (χ1v) is 10.7. The van der Waals surface area contributed by atoms with Gasteiger partial charge in [-0.1, -0.05) is 18.2 Å². The van der Waals surface area contributed by atoms with Crippen molar-refractivity contribution in [1.82, 2.24) is 20.9 Å². The third kappa shape index (κ3) is 7.52. The van der Waals surface area contributed by atoms with E-state index in [9.17, 15) is 29.1 Å². The molecular weight excluding hydrogens is 462 g/mol. The van der Waals surface area contributed by atoms with Crippen LogP contribution < -0.4 is 21.7 Å². The number of aromatic nitrogens is 1. The van der Waals surface area contributed by atoms with Gasteiger partial charge in [0.25, 0.3) is 0 Å². The van der Waals surface area contributed by atoms with Crippen LogP contribution in [0.25, 0.3) is 10.9 Å². The van der Waals surface area contributed by atoms with Crippen LogP contribution in [0.2, 0.25) is 0 Å². The van der Waals surface area contributed by atoms with E-state index in [2.05, 4.69) is 15.6 Å². The molecule has 1 aromatic carbocycles. The number of para-hydroxylation sites is 1. The van der Waals surface area contributed by atoms with E-state index >= 15 is 0 Å². The van der Waals surface area contributed by atoms with Crippen LogP contribution in [0.4, 0.5) is 0 Å². The molecule has 0 aliphatic rings. The van der Waals surface area contributed by atoms with Gasteiger partial charge in [0.15, 0.2) is 0 Å². The number of aliphatic hydroxyl groups excluding tert-OH is 1. The lowest BCUT2D eigenvalue weighted by molar-refractivity contribution is -0.147. The first kappa shape index (κ1) is 27.3. The van der Waals surface area contributed by atoms with E-state index in [0.717, 1.165) is 16.5 Å². The van der Waals surface area contributed by atoms with E-state index in [4.69, 9.17) is 15.9 Å². The van der Waals surface area contributed by atoms with Crippen molar-refractivity contribution in [3.8, 4) is 0 Å². The zero-order chi connectivity index (χ0) is 26.3. The summed E-state index contributed by atoms with van der Waals surface area (Å²) < 4.78 is 0. The molecule has 9 N–H and O–H groups in total. The number of hydrogen-bond donors (Lipinski definition) is 8. The number of nitrogens with one attached hydrogen (secondary N) is 4. The molecule has 0 bridgehead atoms. The summed E-state index contributed by atoms with van der Waals surface area (Å²) in [4.78, 5) is 62.4. The van der Waals surface area contributed by atoms with Gasteiger partial charge in [0.1, 0.15) is 18.1 Å². The second-order valence-corrected chi connectivity index (χ2v) is 8.12. The second-order valence-electron chi connectivity index (χ2n) is 8.12. The summed E-state index contributed by atoms with van der Waals surface area (Å²) in [5, 5.41) is 35.3. The first-order valence-electron chi connectivity index (χ1n) is 10.7. The molecule has 0 aliphatic heterocycles. The first-order chi connectivity index (χ1) is 16.4. The van der Waals surface area contributed by atoms with Crippen LogP contribution in [-0.4, -0.2) is 80.2 Å². The minimum absolute atomic E-state index is 0.156. The third-order valence-electron chi connectivity index (χ3n) is 5.26. The fourth-order valence-electron chi connectivity index (χ4n) is 3.34. The normalized spacial score (nSPS) is 15.3. The van der Waals surface area contributed by atoms with Crippen molar-refractivity contribution in [1.29, 1.82) is 0 Å². The number of rotatable bonds is 12. The summed E-state index contributed by atoms with van der Waals surface area (Å²) in [6.45, 7) is 2.49. The van der Waals surface area contributed by atoms with E-state index in [1.165, 1.54) is 13.8 Å². The number of carbonyl (C=O) groups is 5. The number of aromatic amines is 1. The lowest BCUT2D eigenvalue weighted by Crippen LogP contribution is -2.59. The van der Waals surface area contributed by atoms with E-state index in [1.807, 2.05) is 29.6 Å². The lowest BCUT2D eigenvalue weighted by Gasteiger charge is -2.25. The topological polar surface area (TPSA) is 224 Å². The van der Waals surface area contributed by atoms with Gasteiger partial charge in [-0.05, 0) is 31.9 Å². The molecular formula is C22H29N5O8. The summed E-state index contributed by atoms with van der Waals surface area (Å²) in [6.07, 6.45) is -0.329. The van der Waals surface area contributed by atoms with Crippen LogP contribution >= 0.6 is 0 Å². The van der Waals surface area contributed by atoms with Gasteiger partial charge in [-0.15, -0.1) is 0 Å². The summed E-state index contributed by atoms with van der Waals surface area (Å²) in [7, 11) is 0. The largest absolute Gasteiger partial charge is 0.481 e. The van der Waals surface area contributed by atoms with E-state index in [1.54, 1.807) is 6.20 Å². The maximum absolute atomic E-state index is 12.6. The van der Waals surface area contributed by atoms with Crippen LogP contribution in [0, 0.1) is 0 Å². The van der Waals surface area contributed by atoms with Gasteiger partial charge in [-0.25, -0.2) is 4.79 Å². The van der Waals surface area contributed by atoms with Crippen molar-refractivity contribution in [2.24, 2.45) is 5.73 Å². The molecule has 2 rings (SSSR count). The zero-order valence-corrected chi connectivity index (χ0v) is 19.1. The Labute approximate surface area is 200 Å². The van der Waals surface area contributed by atoms with Gasteiger partial charge in [-0.2, -0.15) is 0 Å². The monoisotopic (exact) mass is 491 g/mol. The molecule has 0 aliphatic carbocycles. The highest BCUT2D eigenvalue weighted by molar-refractivity contribution is 5.95. The highest BCUT2D eigenvalue weighted by Gasteiger charge is 2.31. The number of aliphatic carboxylic acids is 2. The molecule has 0 spiro atoms. The number of carboxylic acid groups (broad SMARTS) is 2. The molecule has 0 saturated heterocycles. The van der Waals surface area contributed by atoms with Crippen LogP contribution in [-0.2, 0) is 30.4 Å². The molecule has 1 heterocycles. The van der Waals surface area contributed by atoms with Crippen molar-refractivity contribution in [3.63, 3.8) is 0 Å². The van der Waals surface area contributed by atoms with Crippen LogP contribution in [0.15, 0.2) is 30.5 Å². The minimum atomic E-state index is -1.70. The number of aliphatic hydroxyl groups is 1. The Balaban J connectivity index is 1.99. The number of H-pyrrole nitrogens is 1. The standard InChI is InChI=1S/C22H29N5O8/c1-10(19(31)26-16(22(34)35)8-17(29)30)25-21(33)18(11(2)28)27-20(32)14(23)7-12-9-24-15-6-4-3-5-13(12)15/h3-6,9-11,14,16,18,24,28H,7-8,23H2,1-2H3,(H,25,33)(H,26,31)(H,27,32)(H,29,30)(H,34,35). The molecule has 5 unspecified atom stereocenters. The number of hydrogen-bond acceptors (Lipinski definition) is 7. The number of amides is 3. The van der Waals surface area contributed by atoms with Gasteiger partial charge >= 0.3 is 11.9 Å². The van der Waals surface area contributed by atoms with Crippen LogP contribution in [0.1, 0.15) is 25.8 Å². The SMILES string of the molecule is CC(NC(=O)C(NC(=O)C(N)Cc1c[nH]c2ccccc12)C(C)O)C(=O)NC(CC(=O)O)C(=O)O. The zero-order valence-electron chi connectivity index (χ0n) is 19.1. The number of benzene rings is 1. The Kier molecular flexibility index (Phi) is 9.31. The number of nitrogens with two attached hydrogens (primary N) is 1. The maximum Gasteiger partial charge on any atom is 0.326 e. The minimum Gasteiger partial charge on any atom is -0.481 e. The summed E-state index contributed by atoms with van der Waals surface area (Å²) in [5.41, 5.74) is 7.68. The predicted molar refractivity (Wildman–Crippen MR) is 123 cm³/mol. The molecule has 0 saturated carbocycles. The molecule has 5 atom stereocenters. The van der Waals surface area contributed by atoms with Crippen molar-refractivity contribution < 1.29 is 39.3 Å². The van der Waals surface area contributed by atoms with Gasteiger partial charge in [0.05, 0.1) is 18.6 Å². The highest BCUT2D eigenvalue weighted by atomic mass is 16.4. The molecule has 3 amide bonds. The Bertz CT molecular complexity index is 1100. The van der Waals surface area contributed by atoms with E-state index in [0.29, 0.717) is 0 Å². The summed E-state index contributed by atoms with van der Waals surface area (Å²) in [5.74, 6) is -5.58.